The molecule has 0 aromatic heterocycles. The lowest BCUT2D eigenvalue weighted by molar-refractivity contribution is -0.132. The molecule has 0 saturated heterocycles. The van der Waals surface area contributed by atoms with Gasteiger partial charge in [-0.1, -0.05) is 90.2 Å². The highest BCUT2D eigenvalue weighted by molar-refractivity contribution is 5.80. The van der Waals surface area contributed by atoms with E-state index in [2.05, 4.69) is 31.3 Å². The van der Waals surface area contributed by atoms with Crippen molar-refractivity contribution < 1.29 is 25.2 Å². The first kappa shape index (κ1) is 30.0. The minimum atomic E-state index is -1.25. The minimum absolute atomic E-state index is 0.354. The minimum Gasteiger partial charge on any atom is -0.394 e. The van der Waals surface area contributed by atoms with Gasteiger partial charge in [0.05, 0.1) is 18.8 Å². The highest BCUT2D eigenvalue weighted by Gasteiger charge is 2.28. The zero-order valence-corrected chi connectivity index (χ0v) is 20.0. The number of carbonyl (C=O) groups excluding carboxylic acids is 1. The highest BCUT2D eigenvalue weighted by Crippen LogP contribution is 2.13. The molecule has 0 spiro atoms. The summed E-state index contributed by atoms with van der Waals surface area (Å²) in [4.78, 5) is 12.2. The molecule has 31 heavy (non-hydrogen) atoms. The highest BCUT2D eigenvalue weighted by atomic mass is 16.3. The smallest absolute Gasteiger partial charge is 0.249 e. The van der Waals surface area contributed by atoms with Crippen LogP contribution < -0.4 is 5.32 Å². The Morgan fingerprint density at radius 1 is 0.774 bits per heavy atom. The monoisotopic (exact) mass is 443 g/mol. The van der Waals surface area contributed by atoms with Crippen molar-refractivity contribution in [3.8, 4) is 0 Å². The lowest BCUT2D eigenvalue weighted by Crippen LogP contribution is -2.53. The van der Waals surface area contributed by atoms with Crippen molar-refractivity contribution in [2.24, 2.45) is 0 Å². The first-order valence-corrected chi connectivity index (χ1v) is 12.6. The van der Waals surface area contributed by atoms with E-state index in [4.69, 9.17) is 0 Å². The van der Waals surface area contributed by atoms with Gasteiger partial charge in [0.1, 0.15) is 12.2 Å². The number of aliphatic hydroxyl groups is 4. The number of hydrogen-bond acceptors (Lipinski definition) is 5. The molecule has 0 aromatic rings. The summed E-state index contributed by atoms with van der Waals surface area (Å²) in [6, 6.07) is -0.979. The molecule has 6 nitrogen and oxygen atoms in total. The van der Waals surface area contributed by atoms with E-state index in [1.54, 1.807) is 0 Å². The number of allylic oxidation sites excluding steroid dienone is 2. The molecule has 0 heterocycles. The molecule has 4 unspecified atom stereocenters. The third kappa shape index (κ3) is 16.4. The second kappa shape index (κ2) is 20.9. The molecule has 184 valence electrons. The number of amides is 1. The van der Waals surface area contributed by atoms with Crippen LogP contribution >= 0.6 is 0 Å². The van der Waals surface area contributed by atoms with E-state index < -0.39 is 36.9 Å². The first-order valence-electron chi connectivity index (χ1n) is 12.6. The predicted octanol–water partition coefficient (Wildman–Crippen LogP) is 3.99. The number of rotatable bonds is 21. The quantitative estimate of drug-likeness (QED) is 0.136. The van der Waals surface area contributed by atoms with Gasteiger partial charge in [-0.15, -0.1) is 0 Å². The largest absolute Gasteiger partial charge is 0.394 e. The molecular formula is C25H49NO5. The fourth-order valence-corrected chi connectivity index (χ4v) is 3.56. The van der Waals surface area contributed by atoms with Crippen molar-refractivity contribution in [1.82, 2.24) is 5.32 Å². The Labute approximate surface area is 190 Å². The maximum Gasteiger partial charge on any atom is 0.249 e. The van der Waals surface area contributed by atoms with Crippen LogP contribution in [-0.4, -0.2) is 57.3 Å². The van der Waals surface area contributed by atoms with Crippen LogP contribution in [0.15, 0.2) is 12.2 Å². The summed E-state index contributed by atoms with van der Waals surface area (Å²) in [7, 11) is 0. The fraction of sp³-hybridized carbons (Fsp3) is 0.880. The summed E-state index contributed by atoms with van der Waals surface area (Å²) in [5.41, 5.74) is 0. The third-order valence-electron chi connectivity index (χ3n) is 5.73. The molecule has 0 fully saturated rings. The Balaban J connectivity index is 4.02. The molecule has 0 aliphatic carbocycles. The molecule has 0 radical (unpaired) electrons. The van der Waals surface area contributed by atoms with Gasteiger partial charge in [-0.3, -0.25) is 4.79 Å². The molecule has 0 bridgehead atoms. The third-order valence-corrected chi connectivity index (χ3v) is 5.73. The van der Waals surface area contributed by atoms with Gasteiger partial charge in [-0.2, -0.15) is 0 Å². The van der Waals surface area contributed by atoms with Crippen molar-refractivity contribution in [2.75, 3.05) is 6.61 Å². The van der Waals surface area contributed by atoms with E-state index in [0.717, 1.165) is 70.6 Å². The predicted molar refractivity (Wildman–Crippen MR) is 127 cm³/mol. The van der Waals surface area contributed by atoms with Crippen LogP contribution in [0.4, 0.5) is 0 Å². The zero-order valence-electron chi connectivity index (χ0n) is 20.0. The summed E-state index contributed by atoms with van der Waals surface area (Å²) in [6.07, 6.45) is 15.6. The normalized spacial score (nSPS) is 15.7. The topological polar surface area (TPSA) is 110 Å². The van der Waals surface area contributed by atoms with Gasteiger partial charge in [0, 0.05) is 0 Å². The zero-order chi connectivity index (χ0) is 23.3. The van der Waals surface area contributed by atoms with Crippen molar-refractivity contribution in [2.45, 2.75) is 135 Å². The van der Waals surface area contributed by atoms with Gasteiger partial charge in [-0.05, 0) is 32.1 Å². The van der Waals surface area contributed by atoms with E-state index >= 15 is 0 Å². The van der Waals surface area contributed by atoms with Crippen LogP contribution in [0, 0.1) is 0 Å². The Bertz CT molecular complexity index is 444. The van der Waals surface area contributed by atoms with Crippen molar-refractivity contribution in [3.05, 3.63) is 12.2 Å². The molecule has 1 amide bonds. The molecule has 0 rings (SSSR count). The average molecular weight is 444 g/mol. The Morgan fingerprint density at radius 3 is 1.94 bits per heavy atom. The Morgan fingerprint density at radius 2 is 1.32 bits per heavy atom. The Hall–Kier alpha value is -0.950. The van der Waals surface area contributed by atoms with Crippen molar-refractivity contribution in [1.29, 1.82) is 0 Å². The van der Waals surface area contributed by atoms with E-state index in [9.17, 15) is 25.2 Å². The maximum atomic E-state index is 12.2. The number of aliphatic hydroxyl groups excluding tert-OH is 4. The Kier molecular flexibility index (Phi) is 20.3. The number of nitrogens with one attached hydrogen (secondary N) is 1. The van der Waals surface area contributed by atoms with E-state index in [1.165, 1.54) is 12.8 Å². The van der Waals surface area contributed by atoms with Gasteiger partial charge in [0.2, 0.25) is 5.91 Å². The van der Waals surface area contributed by atoms with Crippen LogP contribution in [-0.2, 0) is 4.79 Å². The van der Waals surface area contributed by atoms with E-state index in [1.807, 2.05) is 0 Å². The van der Waals surface area contributed by atoms with Gasteiger partial charge >= 0.3 is 0 Å². The molecule has 6 heteroatoms. The standard InChI is InChI=1S/C25H49NO5/c1-3-5-7-9-10-11-12-13-15-17-19-23(29)25(31)26-21(20-27)24(30)22(28)18-16-14-8-6-4-2/h9-10,21-24,27-30H,3-8,11-20H2,1-2H3,(H,26,31)/b10-9-. The lowest BCUT2D eigenvalue weighted by atomic mass is 9.99. The first-order chi connectivity index (χ1) is 15.0. The van der Waals surface area contributed by atoms with Gasteiger partial charge in [-0.25, -0.2) is 0 Å². The molecule has 0 saturated carbocycles. The van der Waals surface area contributed by atoms with Crippen LogP contribution in [0.5, 0.6) is 0 Å². The second-order valence-corrected chi connectivity index (χ2v) is 8.68. The average Bonchev–Trinajstić information content (AvgIpc) is 2.77. The van der Waals surface area contributed by atoms with E-state index in [-0.39, 0.29) is 0 Å². The van der Waals surface area contributed by atoms with E-state index in [0.29, 0.717) is 12.8 Å². The summed E-state index contributed by atoms with van der Waals surface area (Å²) in [5.74, 6) is -0.605. The number of hydrogen-bond donors (Lipinski definition) is 5. The molecule has 4 atom stereocenters. The van der Waals surface area contributed by atoms with Crippen molar-refractivity contribution in [3.63, 3.8) is 0 Å². The van der Waals surface area contributed by atoms with Gasteiger partial charge in [0.15, 0.2) is 0 Å². The van der Waals surface area contributed by atoms with Crippen LogP contribution in [0.3, 0.4) is 0 Å². The molecular weight excluding hydrogens is 394 g/mol. The summed E-state index contributed by atoms with van der Waals surface area (Å²) < 4.78 is 0. The molecule has 0 aliphatic rings. The van der Waals surface area contributed by atoms with Crippen LogP contribution in [0.2, 0.25) is 0 Å². The number of carbonyl (C=O) groups is 1. The SMILES string of the molecule is CCCC/C=C\CCCCCCC(O)C(=O)NC(CO)C(O)C(O)CCCCCCC. The summed E-state index contributed by atoms with van der Waals surface area (Å²) in [5, 5.41) is 42.5. The number of unbranched alkanes of at least 4 members (excludes halogenated alkanes) is 10. The van der Waals surface area contributed by atoms with Gasteiger partial charge in [0.25, 0.3) is 0 Å². The molecule has 0 aliphatic heterocycles. The summed E-state index contributed by atoms with van der Waals surface area (Å²) >= 11 is 0. The molecule has 0 aromatic carbocycles. The fourth-order valence-electron chi connectivity index (χ4n) is 3.56. The van der Waals surface area contributed by atoms with Gasteiger partial charge < -0.3 is 25.7 Å². The summed E-state index contributed by atoms with van der Waals surface area (Å²) in [6.45, 7) is 3.84. The lowest BCUT2D eigenvalue weighted by Gasteiger charge is -2.27. The molecule has 5 N–H and O–H groups in total. The maximum absolute atomic E-state index is 12.2. The van der Waals surface area contributed by atoms with Crippen LogP contribution in [0.1, 0.15) is 110 Å². The van der Waals surface area contributed by atoms with Crippen LogP contribution in [0.25, 0.3) is 0 Å². The second-order valence-electron chi connectivity index (χ2n) is 8.68. The van der Waals surface area contributed by atoms with Crippen molar-refractivity contribution >= 4 is 5.91 Å².